The lowest BCUT2D eigenvalue weighted by Gasteiger charge is -2.06. The summed E-state index contributed by atoms with van der Waals surface area (Å²) in [7, 11) is 0. The fourth-order valence-corrected chi connectivity index (χ4v) is 2.82. The van der Waals surface area contributed by atoms with Crippen molar-refractivity contribution >= 4 is 17.2 Å². The van der Waals surface area contributed by atoms with Crippen molar-refractivity contribution in [3.63, 3.8) is 0 Å². The summed E-state index contributed by atoms with van der Waals surface area (Å²) in [6.07, 6.45) is 2.51. The second kappa shape index (κ2) is 7.58. The molecule has 0 saturated carbocycles. The maximum absolute atomic E-state index is 12.2. The maximum atomic E-state index is 12.2. The average Bonchev–Trinajstić information content (AvgIpc) is 2.98. The van der Waals surface area contributed by atoms with Crippen LogP contribution in [0.2, 0.25) is 0 Å². The highest BCUT2D eigenvalue weighted by molar-refractivity contribution is 7.10. The largest absolute Gasteiger partial charge is 0.384 e. The first-order valence-corrected chi connectivity index (χ1v) is 7.52. The van der Waals surface area contributed by atoms with Gasteiger partial charge in [-0.1, -0.05) is 18.8 Å². The van der Waals surface area contributed by atoms with Crippen LogP contribution in [0.25, 0.3) is 0 Å². The second-order valence-corrected chi connectivity index (χ2v) is 5.27. The van der Waals surface area contributed by atoms with Crippen molar-refractivity contribution in [3.8, 4) is 11.8 Å². The Morgan fingerprint density at radius 1 is 1.48 bits per heavy atom. The van der Waals surface area contributed by atoms with Crippen molar-refractivity contribution in [1.82, 2.24) is 10.3 Å². The summed E-state index contributed by atoms with van der Waals surface area (Å²) in [5, 5.41) is 13.6. The van der Waals surface area contributed by atoms with E-state index >= 15 is 0 Å². The highest BCUT2D eigenvalue weighted by Gasteiger charge is 2.12. The molecule has 0 aromatic carbocycles. The lowest BCUT2D eigenvalue weighted by atomic mass is 10.1. The zero-order chi connectivity index (χ0) is 15.1. The molecule has 1 amide bonds. The number of aromatic nitrogens is 1. The number of nitrogens with zero attached hydrogens (tertiary/aromatic N) is 1. The Morgan fingerprint density at radius 3 is 3.10 bits per heavy atom. The number of carbonyl (C=O) groups is 1. The Labute approximate surface area is 127 Å². The number of amides is 1. The number of hydrogen-bond acceptors (Lipinski definition) is 4. The summed E-state index contributed by atoms with van der Waals surface area (Å²) in [5.41, 5.74) is 2.06. The van der Waals surface area contributed by atoms with E-state index in [2.05, 4.69) is 35.1 Å². The molecular weight excluding hydrogens is 284 g/mol. The third kappa shape index (κ3) is 3.91. The molecule has 0 aliphatic carbocycles. The Balaban J connectivity index is 2.10. The summed E-state index contributed by atoms with van der Waals surface area (Å²) in [6.45, 7) is 2.34. The third-order valence-electron chi connectivity index (χ3n) is 2.95. The summed E-state index contributed by atoms with van der Waals surface area (Å²) in [4.78, 5) is 17.5. The number of aliphatic hydroxyl groups excluding tert-OH is 1. The van der Waals surface area contributed by atoms with E-state index in [9.17, 15) is 4.79 Å². The first-order chi connectivity index (χ1) is 10.3. The number of rotatable bonds is 4. The molecule has 2 aromatic rings. The monoisotopic (exact) mass is 300 g/mol. The van der Waals surface area contributed by atoms with Gasteiger partial charge >= 0.3 is 0 Å². The molecule has 2 heterocycles. The first kappa shape index (κ1) is 15.2. The number of aliphatic hydroxyl groups is 1. The Bertz CT molecular complexity index is 683. The van der Waals surface area contributed by atoms with Crippen LogP contribution in [-0.4, -0.2) is 22.6 Å². The van der Waals surface area contributed by atoms with Gasteiger partial charge in [-0.25, -0.2) is 4.98 Å². The number of nitrogens with one attached hydrogen (secondary N) is 1. The van der Waals surface area contributed by atoms with Crippen molar-refractivity contribution in [2.75, 3.05) is 6.61 Å². The highest BCUT2D eigenvalue weighted by atomic mass is 32.1. The zero-order valence-electron chi connectivity index (χ0n) is 11.7. The molecule has 0 bridgehead atoms. The number of hydrogen-bond donors (Lipinski definition) is 2. The maximum Gasteiger partial charge on any atom is 0.271 e. The van der Waals surface area contributed by atoms with E-state index in [1.54, 1.807) is 29.7 Å². The van der Waals surface area contributed by atoms with Crippen LogP contribution in [0.3, 0.4) is 0 Å². The van der Waals surface area contributed by atoms with Crippen LogP contribution in [0.15, 0.2) is 29.8 Å². The lowest BCUT2D eigenvalue weighted by molar-refractivity contribution is 0.0946. The molecule has 0 spiro atoms. The van der Waals surface area contributed by atoms with Crippen molar-refractivity contribution in [1.29, 1.82) is 0 Å². The predicted octanol–water partition coefficient (Wildman–Crippen LogP) is 1.98. The average molecular weight is 300 g/mol. The molecule has 0 aliphatic heterocycles. The van der Waals surface area contributed by atoms with Crippen LogP contribution in [0.4, 0.5) is 0 Å². The van der Waals surface area contributed by atoms with Crippen LogP contribution >= 0.6 is 11.3 Å². The zero-order valence-corrected chi connectivity index (χ0v) is 12.5. The first-order valence-electron chi connectivity index (χ1n) is 6.64. The summed E-state index contributed by atoms with van der Waals surface area (Å²) in [5.74, 6) is 5.02. The van der Waals surface area contributed by atoms with Crippen LogP contribution in [0.5, 0.6) is 0 Å². The van der Waals surface area contributed by atoms with Gasteiger partial charge in [-0.05, 0) is 35.6 Å². The minimum atomic E-state index is -0.256. The molecule has 0 unspecified atom stereocenters. The smallest absolute Gasteiger partial charge is 0.271 e. The predicted molar refractivity (Wildman–Crippen MR) is 83.1 cm³/mol. The molecular formula is C16H16N2O2S. The van der Waals surface area contributed by atoms with Gasteiger partial charge in [0.15, 0.2) is 0 Å². The van der Waals surface area contributed by atoms with Gasteiger partial charge in [0.2, 0.25) is 0 Å². The van der Waals surface area contributed by atoms with Gasteiger partial charge in [-0.2, -0.15) is 0 Å². The van der Waals surface area contributed by atoms with E-state index in [-0.39, 0.29) is 18.2 Å². The van der Waals surface area contributed by atoms with Crippen molar-refractivity contribution < 1.29 is 9.90 Å². The van der Waals surface area contributed by atoms with E-state index < -0.39 is 0 Å². The van der Waals surface area contributed by atoms with Gasteiger partial charge in [0.1, 0.15) is 12.3 Å². The third-order valence-corrected chi connectivity index (χ3v) is 3.92. The van der Waals surface area contributed by atoms with Crippen molar-refractivity contribution in [2.24, 2.45) is 0 Å². The second-order valence-electron chi connectivity index (χ2n) is 4.26. The van der Waals surface area contributed by atoms with Crippen LogP contribution in [-0.2, 0) is 13.0 Å². The Kier molecular flexibility index (Phi) is 5.50. The van der Waals surface area contributed by atoms with Gasteiger partial charge in [0.05, 0.1) is 12.1 Å². The molecule has 21 heavy (non-hydrogen) atoms. The van der Waals surface area contributed by atoms with E-state index in [1.807, 2.05) is 5.38 Å². The summed E-state index contributed by atoms with van der Waals surface area (Å²) in [6, 6.07) is 5.50. The summed E-state index contributed by atoms with van der Waals surface area (Å²) < 4.78 is 0. The molecule has 2 aromatic heterocycles. The van der Waals surface area contributed by atoms with E-state index in [4.69, 9.17) is 5.11 Å². The quantitative estimate of drug-likeness (QED) is 0.849. The molecule has 2 N–H and O–H groups in total. The molecule has 0 radical (unpaired) electrons. The number of pyridine rings is 1. The van der Waals surface area contributed by atoms with Crippen LogP contribution in [0, 0.1) is 11.8 Å². The summed E-state index contributed by atoms with van der Waals surface area (Å²) >= 11 is 1.63. The molecule has 0 saturated heterocycles. The topological polar surface area (TPSA) is 62.2 Å². The minimum absolute atomic E-state index is 0.245. The van der Waals surface area contributed by atoms with Crippen LogP contribution < -0.4 is 5.32 Å². The molecule has 108 valence electrons. The molecule has 5 heteroatoms. The molecule has 2 rings (SSSR count). The van der Waals surface area contributed by atoms with Gasteiger partial charge < -0.3 is 10.4 Å². The van der Waals surface area contributed by atoms with Crippen molar-refractivity contribution in [3.05, 3.63) is 51.5 Å². The number of aryl methyl sites for hydroxylation is 1. The normalized spacial score (nSPS) is 9.81. The SMILES string of the molecule is CCc1ccsc1CNC(=O)c1ncccc1C#CCO. The fourth-order valence-electron chi connectivity index (χ4n) is 1.90. The molecule has 4 nitrogen and oxygen atoms in total. The number of carbonyl (C=O) groups excluding carboxylic acids is 1. The standard InChI is InChI=1S/C16H16N2O2S/c1-2-12-7-10-21-14(12)11-18-16(20)15-13(6-4-9-19)5-3-8-17-15/h3,5,7-8,10,19H,2,9,11H2,1H3,(H,18,20). The van der Waals surface area contributed by atoms with Crippen LogP contribution in [0.1, 0.15) is 33.4 Å². The van der Waals surface area contributed by atoms with Gasteiger partial charge in [-0.3, -0.25) is 4.79 Å². The number of thiophene rings is 1. The molecule has 0 aliphatic rings. The Hall–Kier alpha value is -2.16. The fraction of sp³-hybridized carbons (Fsp3) is 0.250. The van der Waals surface area contributed by atoms with Gasteiger partial charge in [0.25, 0.3) is 5.91 Å². The molecule has 0 fully saturated rings. The van der Waals surface area contributed by atoms with E-state index in [1.165, 1.54) is 5.56 Å². The van der Waals surface area contributed by atoms with E-state index in [0.717, 1.165) is 11.3 Å². The van der Waals surface area contributed by atoms with Gasteiger partial charge in [0, 0.05) is 11.1 Å². The van der Waals surface area contributed by atoms with Crippen molar-refractivity contribution in [2.45, 2.75) is 19.9 Å². The Morgan fingerprint density at radius 2 is 2.33 bits per heavy atom. The lowest BCUT2D eigenvalue weighted by Crippen LogP contribution is -2.24. The molecule has 0 atom stereocenters. The highest BCUT2D eigenvalue weighted by Crippen LogP contribution is 2.17. The van der Waals surface area contributed by atoms with E-state index in [0.29, 0.717) is 12.1 Å². The van der Waals surface area contributed by atoms with Gasteiger partial charge in [-0.15, -0.1) is 11.3 Å². The minimum Gasteiger partial charge on any atom is -0.384 e.